The number of hydrogen-bond donors (Lipinski definition) is 1. The van der Waals surface area contributed by atoms with Gasteiger partial charge in [-0.3, -0.25) is 4.90 Å². The Morgan fingerprint density at radius 1 is 1.25 bits per heavy atom. The van der Waals surface area contributed by atoms with Crippen LogP contribution in [0.4, 0.5) is 0 Å². The third-order valence-corrected chi connectivity index (χ3v) is 5.83. The molecule has 0 radical (unpaired) electrons. The molecule has 20 heavy (non-hydrogen) atoms. The van der Waals surface area contributed by atoms with Gasteiger partial charge >= 0.3 is 0 Å². The zero-order valence-corrected chi connectivity index (χ0v) is 14.1. The molecule has 1 aromatic rings. The summed E-state index contributed by atoms with van der Waals surface area (Å²) in [5, 5.41) is 6.79. The second kappa shape index (κ2) is 7.53. The van der Waals surface area contributed by atoms with Gasteiger partial charge in [0.05, 0.1) is 5.69 Å². The fraction of sp³-hybridized carbons (Fsp3) is 0.812. The van der Waals surface area contributed by atoms with Crippen LogP contribution >= 0.6 is 11.3 Å². The summed E-state index contributed by atoms with van der Waals surface area (Å²) in [6.07, 6.45) is 5.38. The maximum absolute atomic E-state index is 4.73. The highest BCUT2D eigenvalue weighted by Gasteiger charge is 2.31. The van der Waals surface area contributed by atoms with Gasteiger partial charge < -0.3 is 5.32 Å². The summed E-state index contributed by atoms with van der Waals surface area (Å²) < 4.78 is 0. The highest BCUT2D eigenvalue weighted by Crippen LogP contribution is 2.38. The van der Waals surface area contributed by atoms with Crippen molar-refractivity contribution < 1.29 is 0 Å². The van der Waals surface area contributed by atoms with E-state index in [9.17, 15) is 0 Å². The Morgan fingerprint density at radius 3 is 2.55 bits per heavy atom. The minimum absolute atomic E-state index is 0.620. The molecule has 0 spiro atoms. The molecule has 0 amide bonds. The molecule has 2 rings (SSSR count). The smallest absolute Gasteiger partial charge is 0.107 e. The van der Waals surface area contributed by atoms with Crippen LogP contribution in [0.15, 0.2) is 5.38 Å². The number of piperidine rings is 1. The summed E-state index contributed by atoms with van der Waals surface area (Å²) in [6, 6.07) is 0. The largest absolute Gasteiger partial charge is 0.311 e. The quantitative estimate of drug-likeness (QED) is 0.832. The monoisotopic (exact) mass is 295 g/mol. The first-order valence-electron chi connectivity index (χ1n) is 8.07. The Kier molecular flexibility index (Phi) is 6.00. The minimum Gasteiger partial charge on any atom is -0.311 e. The summed E-state index contributed by atoms with van der Waals surface area (Å²) in [5.74, 6) is 0. The molecule has 0 atom stereocenters. The molecule has 0 aliphatic carbocycles. The van der Waals surface area contributed by atoms with E-state index in [1.54, 1.807) is 11.3 Å². The molecule has 1 fully saturated rings. The molecule has 1 aliphatic heterocycles. The SMILES string of the molecule is CCNCc1nc(CN2CCC(CC)(CC)CC2)cs1. The molecule has 3 nitrogen and oxygen atoms in total. The van der Waals surface area contributed by atoms with Crippen molar-refractivity contribution in [1.29, 1.82) is 0 Å². The molecule has 1 N–H and O–H groups in total. The summed E-state index contributed by atoms with van der Waals surface area (Å²) >= 11 is 1.79. The summed E-state index contributed by atoms with van der Waals surface area (Å²) in [4.78, 5) is 7.31. The van der Waals surface area contributed by atoms with Gasteiger partial charge in [0.1, 0.15) is 5.01 Å². The van der Waals surface area contributed by atoms with Crippen molar-refractivity contribution in [2.75, 3.05) is 19.6 Å². The number of thiazole rings is 1. The highest BCUT2D eigenvalue weighted by atomic mass is 32.1. The first-order chi connectivity index (χ1) is 9.71. The zero-order chi connectivity index (χ0) is 14.4. The van der Waals surface area contributed by atoms with Crippen LogP contribution in [-0.4, -0.2) is 29.5 Å². The molecule has 0 saturated carbocycles. The van der Waals surface area contributed by atoms with Gasteiger partial charge in [-0.1, -0.05) is 33.6 Å². The second-order valence-electron chi connectivity index (χ2n) is 6.00. The van der Waals surface area contributed by atoms with Crippen molar-refractivity contribution >= 4 is 11.3 Å². The molecule has 1 aliphatic rings. The predicted molar refractivity (Wildman–Crippen MR) is 87.0 cm³/mol. The lowest BCUT2D eigenvalue weighted by Gasteiger charge is -2.40. The van der Waals surface area contributed by atoms with Crippen LogP contribution in [0.5, 0.6) is 0 Å². The van der Waals surface area contributed by atoms with E-state index in [4.69, 9.17) is 4.98 Å². The predicted octanol–water partition coefficient (Wildman–Crippen LogP) is 3.65. The third kappa shape index (κ3) is 4.03. The van der Waals surface area contributed by atoms with Crippen molar-refractivity contribution in [2.24, 2.45) is 5.41 Å². The van der Waals surface area contributed by atoms with E-state index in [1.807, 2.05) is 0 Å². The molecule has 114 valence electrons. The topological polar surface area (TPSA) is 28.2 Å². The molecule has 1 aromatic heterocycles. The lowest BCUT2D eigenvalue weighted by atomic mass is 9.74. The van der Waals surface area contributed by atoms with Crippen LogP contribution in [0.1, 0.15) is 57.2 Å². The van der Waals surface area contributed by atoms with E-state index >= 15 is 0 Å². The molecular formula is C16H29N3S. The molecule has 0 aromatic carbocycles. The lowest BCUT2D eigenvalue weighted by molar-refractivity contribution is 0.0902. The van der Waals surface area contributed by atoms with Crippen LogP contribution in [-0.2, 0) is 13.1 Å². The Labute approximate surface area is 127 Å². The van der Waals surface area contributed by atoms with Crippen molar-refractivity contribution in [1.82, 2.24) is 15.2 Å². The number of aromatic nitrogens is 1. The zero-order valence-electron chi connectivity index (χ0n) is 13.2. The summed E-state index contributed by atoms with van der Waals surface area (Å²) in [7, 11) is 0. The van der Waals surface area contributed by atoms with Gasteiger partial charge in [0, 0.05) is 18.5 Å². The fourth-order valence-electron chi connectivity index (χ4n) is 3.11. The van der Waals surface area contributed by atoms with E-state index in [-0.39, 0.29) is 0 Å². The first kappa shape index (κ1) is 15.9. The van der Waals surface area contributed by atoms with Crippen LogP contribution in [0, 0.1) is 5.41 Å². The number of nitrogens with zero attached hydrogens (tertiary/aromatic N) is 2. The Bertz CT molecular complexity index is 388. The maximum Gasteiger partial charge on any atom is 0.107 e. The molecule has 2 heterocycles. The molecule has 0 bridgehead atoms. The van der Waals surface area contributed by atoms with Gasteiger partial charge in [-0.05, 0) is 37.9 Å². The Balaban J connectivity index is 1.82. The van der Waals surface area contributed by atoms with E-state index in [0.29, 0.717) is 5.41 Å². The minimum atomic E-state index is 0.620. The lowest BCUT2D eigenvalue weighted by Crippen LogP contribution is -2.39. The van der Waals surface area contributed by atoms with Gasteiger partial charge in [0.15, 0.2) is 0 Å². The van der Waals surface area contributed by atoms with Gasteiger partial charge in [-0.2, -0.15) is 0 Å². The number of likely N-dealkylation sites (tertiary alicyclic amines) is 1. The van der Waals surface area contributed by atoms with Crippen LogP contribution in [0.25, 0.3) is 0 Å². The van der Waals surface area contributed by atoms with Crippen molar-refractivity contribution in [2.45, 2.75) is 59.5 Å². The Hall–Kier alpha value is -0.450. The average Bonchev–Trinajstić information content (AvgIpc) is 2.94. The van der Waals surface area contributed by atoms with Crippen LogP contribution in [0.3, 0.4) is 0 Å². The molecule has 1 saturated heterocycles. The van der Waals surface area contributed by atoms with E-state index in [2.05, 4.69) is 36.4 Å². The normalized spacial score (nSPS) is 19.4. The van der Waals surface area contributed by atoms with E-state index in [0.717, 1.165) is 19.6 Å². The van der Waals surface area contributed by atoms with Crippen LogP contribution in [0.2, 0.25) is 0 Å². The fourth-order valence-corrected chi connectivity index (χ4v) is 3.86. The van der Waals surface area contributed by atoms with E-state index in [1.165, 1.54) is 49.5 Å². The molecule has 4 heteroatoms. The third-order valence-electron chi connectivity index (χ3n) is 4.93. The van der Waals surface area contributed by atoms with Gasteiger partial charge in [0.25, 0.3) is 0 Å². The molecule has 0 unspecified atom stereocenters. The highest BCUT2D eigenvalue weighted by molar-refractivity contribution is 7.09. The number of hydrogen-bond acceptors (Lipinski definition) is 4. The first-order valence-corrected chi connectivity index (χ1v) is 8.95. The van der Waals surface area contributed by atoms with Crippen molar-refractivity contribution in [3.63, 3.8) is 0 Å². The summed E-state index contributed by atoms with van der Waals surface area (Å²) in [5.41, 5.74) is 1.87. The van der Waals surface area contributed by atoms with E-state index < -0.39 is 0 Å². The number of rotatable bonds is 7. The van der Waals surface area contributed by atoms with Gasteiger partial charge in [-0.25, -0.2) is 4.98 Å². The van der Waals surface area contributed by atoms with Gasteiger partial charge in [-0.15, -0.1) is 11.3 Å². The standard InChI is InChI=1S/C16H29N3S/c1-4-16(5-2)7-9-19(10-8-16)12-14-13-20-15(18-14)11-17-6-3/h13,17H,4-12H2,1-3H3. The Morgan fingerprint density at radius 2 is 1.95 bits per heavy atom. The second-order valence-corrected chi connectivity index (χ2v) is 6.94. The maximum atomic E-state index is 4.73. The number of nitrogens with one attached hydrogen (secondary N) is 1. The summed E-state index contributed by atoms with van der Waals surface area (Å²) in [6.45, 7) is 12.3. The van der Waals surface area contributed by atoms with Gasteiger partial charge in [0.2, 0.25) is 0 Å². The van der Waals surface area contributed by atoms with Crippen LogP contribution < -0.4 is 5.32 Å². The van der Waals surface area contributed by atoms with Crippen molar-refractivity contribution in [3.05, 3.63) is 16.1 Å². The molecular weight excluding hydrogens is 266 g/mol. The van der Waals surface area contributed by atoms with Crippen molar-refractivity contribution in [3.8, 4) is 0 Å². The average molecular weight is 295 g/mol.